The van der Waals surface area contributed by atoms with Crippen LogP contribution in [0.15, 0.2) is 59.6 Å². The lowest BCUT2D eigenvalue weighted by Crippen LogP contribution is -2.43. The highest BCUT2D eigenvalue weighted by molar-refractivity contribution is 7.92. The molecule has 8 nitrogen and oxygen atoms in total. The molecule has 180 valence electrons. The number of rotatable bonds is 6. The fourth-order valence-corrected chi connectivity index (χ4v) is 5.30. The van der Waals surface area contributed by atoms with Crippen LogP contribution in [0.4, 0.5) is 18.9 Å². The van der Waals surface area contributed by atoms with Gasteiger partial charge in [0.1, 0.15) is 11.9 Å². The molecular weight excluding hydrogens is 475 g/mol. The van der Waals surface area contributed by atoms with Crippen LogP contribution in [0.3, 0.4) is 0 Å². The van der Waals surface area contributed by atoms with Gasteiger partial charge in [-0.25, -0.2) is 8.42 Å². The largest absolute Gasteiger partial charge is 0.486 e. The van der Waals surface area contributed by atoms with Gasteiger partial charge in [-0.1, -0.05) is 6.07 Å². The van der Waals surface area contributed by atoms with Gasteiger partial charge in [-0.3, -0.25) is 13.8 Å². The van der Waals surface area contributed by atoms with Crippen LogP contribution >= 0.6 is 0 Å². The van der Waals surface area contributed by atoms with Crippen molar-refractivity contribution in [2.24, 2.45) is 7.05 Å². The number of halogens is 3. The predicted molar refractivity (Wildman–Crippen MR) is 116 cm³/mol. The number of fused-ring (bicyclic) bond motifs is 1. The first-order chi connectivity index (χ1) is 16.0. The molecule has 0 amide bonds. The topological polar surface area (TPSA) is 102 Å². The minimum atomic E-state index is -4.72. The van der Waals surface area contributed by atoms with Gasteiger partial charge in [-0.15, -0.1) is 0 Å². The quantitative estimate of drug-likeness (QED) is 0.556. The van der Waals surface area contributed by atoms with E-state index in [1.807, 2.05) is 0 Å². The fourth-order valence-electron chi connectivity index (χ4n) is 3.75. The number of hydrogen-bond donors (Lipinski definition) is 1. The van der Waals surface area contributed by atoms with Crippen LogP contribution in [-0.4, -0.2) is 41.9 Å². The Balaban J connectivity index is 1.81. The number of aromatic nitrogens is 2. The Morgan fingerprint density at radius 1 is 1.21 bits per heavy atom. The van der Waals surface area contributed by atoms with E-state index >= 15 is 0 Å². The first kappa shape index (κ1) is 23.6. The standard InChI is InChI=1S/C22H20F3N3O5S/c1-27-18(9-10-26-27)14-5-7-20-19(11-14)28(13-16(33-20)6-8-21(29)30)34(31,32)17-4-2-3-15(12-17)22(23,24)25/h2-5,7,9-12,16H,6,8,13H2,1H3,(H,29,30). The Kier molecular flexibility index (Phi) is 6.02. The van der Waals surface area contributed by atoms with Crippen molar-refractivity contribution in [2.45, 2.75) is 30.0 Å². The van der Waals surface area contributed by atoms with E-state index in [4.69, 9.17) is 9.84 Å². The lowest BCUT2D eigenvalue weighted by molar-refractivity contribution is -0.138. The molecule has 0 saturated carbocycles. The van der Waals surface area contributed by atoms with Crippen LogP contribution in [0.5, 0.6) is 5.75 Å². The third-order valence-electron chi connectivity index (χ3n) is 5.44. The van der Waals surface area contributed by atoms with Gasteiger partial charge in [0.15, 0.2) is 0 Å². The van der Waals surface area contributed by atoms with Crippen LogP contribution in [0.25, 0.3) is 11.3 Å². The van der Waals surface area contributed by atoms with E-state index in [1.165, 1.54) is 0 Å². The molecule has 1 aromatic heterocycles. The predicted octanol–water partition coefficient (Wildman–Crippen LogP) is 3.93. The number of sulfonamides is 1. The molecule has 1 aliphatic rings. The fraction of sp³-hybridized carbons (Fsp3) is 0.273. The minimum Gasteiger partial charge on any atom is -0.486 e. The van der Waals surface area contributed by atoms with E-state index in [-0.39, 0.29) is 30.8 Å². The number of carbonyl (C=O) groups is 1. The number of carboxylic acids is 1. The molecule has 3 aromatic rings. The molecular formula is C22H20F3N3O5S. The van der Waals surface area contributed by atoms with Crippen LogP contribution < -0.4 is 9.04 Å². The van der Waals surface area contributed by atoms with E-state index in [9.17, 15) is 26.4 Å². The SMILES string of the molecule is Cn1nccc1-c1ccc2c(c1)N(S(=O)(=O)c1cccc(C(F)(F)F)c1)CC(CCC(=O)O)O2. The Labute approximate surface area is 193 Å². The molecule has 2 aromatic carbocycles. The van der Waals surface area contributed by atoms with Crippen LogP contribution in [-0.2, 0) is 28.0 Å². The summed E-state index contributed by atoms with van der Waals surface area (Å²) < 4.78 is 75.2. The summed E-state index contributed by atoms with van der Waals surface area (Å²) in [4.78, 5) is 10.5. The molecule has 0 fully saturated rings. The number of aliphatic carboxylic acids is 1. The zero-order chi connectivity index (χ0) is 24.7. The Morgan fingerprint density at radius 3 is 2.62 bits per heavy atom. The molecule has 12 heteroatoms. The van der Waals surface area contributed by atoms with Crippen molar-refractivity contribution in [3.8, 4) is 17.0 Å². The molecule has 1 unspecified atom stereocenters. The minimum absolute atomic E-state index is 0.0207. The Bertz CT molecular complexity index is 1340. The molecule has 34 heavy (non-hydrogen) atoms. The number of hydrogen-bond acceptors (Lipinski definition) is 5. The number of anilines is 1. The van der Waals surface area contributed by atoms with Crippen molar-refractivity contribution in [2.75, 3.05) is 10.8 Å². The summed E-state index contributed by atoms with van der Waals surface area (Å²) in [7, 11) is -2.73. The van der Waals surface area contributed by atoms with Crippen molar-refractivity contribution >= 4 is 21.7 Å². The molecule has 2 heterocycles. The van der Waals surface area contributed by atoms with Crippen LogP contribution in [0, 0.1) is 0 Å². The summed E-state index contributed by atoms with van der Waals surface area (Å²) in [6, 6.07) is 10.0. The number of nitrogens with zero attached hydrogens (tertiary/aromatic N) is 3. The van der Waals surface area contributed by atoms with E-state index in [1.54, 1.807) is 42.2 Å². The zero-order valence-electron chi connectivity index (χ0n) is 17.9. The number of carboxylic acid groups (broad SMARTS) is 1. The maximum Gasteiger partial charge on any atom is 0.416 e. The second kappa shape index (κ2) is 8.67. The molecule has 0 spiro atoms. The third-order valence-corrected chi connectivity index (χ3v) is 7.21. The summed E-state index contributed by atoms with van der Waals surface area (Å²) in [5, 5.41) is 13.1. The summed E-state index contributed by atoms with van der Waals surface area (Å²) in [6.07, 6.45) is -4.18. The first-order valence-corrected chi connectivity index (χ1v) is 11.6. The Hall–Kier alpha value is -3.54. The van der Waals surface area contributed by atoms with E-state index < -0.39 is 38.7 Å². The average Bonchev–Trinajstić information content (AvgIpc) is 3.22. The van der Waals surface area contributed by atoms with Gasteiger partial charge in [-0.2, -0.15) is 18.3 Å². The molecule has 0 saturated heterocycles. The first-order valence-electron chi connectivity index (χ1n) is 10.2. The molecule has 0 radical (unpaired) electrons. The summed E-state index contributed by atoms with van der Waals surface area (Å²) in [6.45, 7) is -0.256. The highest BCUT2D eigenvalue weighted by Gasteiger charge is 2.37. The smallest absolute Gasteiger partial charge is 0.416 e. The van der Waals surface area contributed by atoms with E-state index in [0.717, 1.165) is 22.5 Å². The highest BCUT2D eigenvalue weighted by atomic mass is 32.2. The van der Waals surface area contributed by atoms with Gasteiger partial charge < -0.3 is 9.84 Å². The number of benzene rings is 2. The van der Waals surface area contributed by atoms with Crippen molar-refractivity contribution in [1.82, 2.24) is 9.78 Å². The van der Waals surface area contributed by atoms with Crippen LogP contribution in [0.2, 0.25) is 0 Å². The molecule has 1 N–H and O–H groups in total. The van der Waals surface area contributed by atoms with Gasteiger partial charge in [0, 0.05) is 25.2 Å². The van der Waals surface area contributed by atoms with E-state index in [0.29, 0.717) is 17.3 Å². The lowest BCUT2D eigenvalue weighted by atomic mass is 10.1. The maximum absolute atomic E-state index is 13.5. The van der Waals surface area contributed by atoms with E-state index in [2.05, 4.69) is 5.10 Å². The third kappa shape index (κ3) is 4.58. The molecule has 1 aliphatic heterocycles. The maximum atomic E-state index is 13.5. The average molecular weight is 495 g/mol. The van der Waals surface area contributed by atoms with Gasteiger partial charge in [0.25, 0.3) is 10.0 Å². The van der Waals surface area contributed by atoms with Crippen LogP contribution in [0.1, 0.15) is 18.4 Å². The second-order valence-electron chi connectivity index (χ2n) is 7.76. The van der Waals surface area contributed by atoms with Crippen molar-refractivity contribution in [3.05, 3.63) is 60.3 Å². The molecule has 1 atom stereocenters. The van der Waals surface area contributed by atoms with Crippen molar-refractivity contribution < 1.29 is 36.2 Å². The van der Waals surface area contributed by atoms with Crippen molar-refractivity contribution in [1.29, 1.82) is 0 Å². The highest BCUT2D eigenvalue weighted by Crippen LogP contribution is 2.41. The Morgan fingerprint density at radius 2 is 1.97 bits per heavy atom. The summed E-state index contributed by atoms with van der Waals surface area (Å²) >= 11 is 0. The van der Waals surface area contributed by atoms with Gasteiger partial charge in [0.05, 0.1) is 28.4 Å². The van der Waals surface area contributed by atoms with Gasteiger partial charge >= 0.3 is 12.1 Å². The number of aryl methyl sites for hydroxylation is 1. The molecule has 0 aliphatic carbocycles. The van der Waals surface area contributed by atoms with Crippen molar-refractivity contribution in [3.63, 3.8) is 0 Å². The number of alkyl halides is 3. The molecule has 0 bridgehead atoms. The van der Waals surface area contributed by atoms with Gasteiger partial charge in [-0.05, 0) is 48.9 Å². The normalized spacial score (nSPS) is 16.1. The molecule has 4 rings (SSSR count). The summed E-state index contributed by atoms with van der Waals surface area (Å²) in [5.74, 6) is -0.892. The lowest BCUT2D eigenvalue weighted by Gasteiger charge is -2.35. The second-order valence-corrected chi connectivity index (χ2v) is 9.62. The summed E-state index contributed by atoms with van der Waals surface area (Å²) in [5.41, 5.74) is 0.360. The van der Waals surface area contributed by atoms with Gasteiger partial charge in [0.2, 0.25) is 0 Å². The monoisotopic (exact) mass is 495 g/mol. The number of ether oxygens (including phenoxy) is 1. The zero-order valence-corrected chi connectivity index (χ0v) is 18.7.